The summed E-state index contributed by atoms with van der Waals surface area (Å²) in [5.74, 6) is 2.44. The summed E-state index contributed by atoms with van der Waals surface area (Å²) < 4.78 is 22.3. The van der Waals surface area contributed by atoms with Crippen molar-refractivity contribution in [1.82, 2.24) is 10.2 Å². The Hall–Kier alpha value is -0.0500. The summed E-state index contributed by atoms with van der Waals surface area (Å²) in [6.07, 6.45) is 3.71. The van der Waals surface area contributed by atoms with Gasteiger partial charge in [0.2, 0.25) is 0 Å². The van der Waals surface area contributed by atoms with Gasteiger partial charge in [-0.25, -0.2) is 8.42 Å². The zero-order chi connectivity index (χ0) is 15.2. The van der Waals surface area contributed by atoms with Gasteiger partial charge in [-0.05, 0) is 31.6 Å². The van der Waals surface area contributed by atoms with Crippen molar-refractivity contribution < 1.29 is 8.42 Å². The van der Waals surface area contributed by atoms with Crippen LogP contribution in [-0.2, 0) is 9.84 Å². The van der Waals surface area contributed by atoms with E-state index < -0.39 is 9.84 Å². The highest BCUT2D eigenvalue weighted by Crippen LogP contribution is 2.23. The fourth-order valence-corrected chi connectivity index (χ4v) is 3.05. The van der Waals surface area contributed by atoms with Crippen LogP contribution in [0, 0.1) is 11.8 Å². The third kappa shape index (κ3) is 8.85. The normalized spacial score (nSPS) is 19.8. The molecule has 1 N–H and O–H groups in total. The molecule has 0 bridgehead atoms. The molecule has 0 aromatic rings. The minimum atomic E-state index is -2.94. The van der Waals surface area contributed by atoms with Gasteiger partial charge >= 0.3 is 0 Å². The number of hydrogen-bond acceptors (Lipinski definition) is 3. The highest BCUT2D eigenvalue weighted by atomic mass is 127. The highest BCUT2D eigenvalue weighted by Gasteiger charge is 2.25. The lowest BCUT2D eigenvalue weighted by Gasteiger charge is -2.22. The first-order valence-electron chi connectivity index (χ1n) is 7.52. The molecule has 21 heavy (non-hydrogen) atoms. The van der Waals surface area contributed by atoms with Gasteiger partial charge in [-0.1, -0.05) is 13.8 Å². The molecule has 1 saturated heterocycles. The number of nitrogens with one attached hydrogen (secondary N) is 1. The van der Waals surface area contributed by atoms with Crippen LogP contribution in [0.3, 0.4) is 0 Å². The average Bonchev–Trinajstić information content (AvgIpc) is 2.73. The fourth-order valence-electron chi connectivity index (χ4n) is 2.63. The lowest BCUT2D eigenvalue weighted by atomic mass is 9.97. The van der Waals surface area contributed by atoms with Crippen molar-refractivity contribution >= 4 is 39.8 Å². The first kappa shape index (κ1) is 20.9. The second-order valence-electron chi connectivity index (χ2n) is 6.10. The Balaban J connectivity index is 0.00000400. The molecule has 1 heterocycles. The minimum absolute atomic E-state index is 0. The molecule has 1 atom stereocenters. The van der Waals surface area contributed by atoms with Crippen molar-refractivity contribution in [3.8, 4) is 0 Å². The lowest BCUT2D eigenvalue weighted by Crippen LogP contribution is -2.40. The van der Waals surface area contributed by atoms with Gasteiger partial charge in [-0.3, -0.25) is 4.99 Å². The molecule has 1 unspecified atom stereocenters. The molecule has 0 aliphatic carbocycles. The number of rotatable bonds is 6. The molecule has 5 nitrogen and oxygen atoms in total. The Morgan fingerprint density at radius 1 is 1.43 bits per heavy atom. The number of aliphatic imine (C=N–C) groups is 1. The predicted octanol–water partition coefficient (Wildman–Crippen LogP) is 1.98. The van der Waals surface area contributed by atoms with Gasteiger partial charge in [-0.2, -0.15) is 0 Å². The topological polar surface area (TPSA) is 61.8 Å². The van der Waals surface area contributed by atoms with Crippen molar-refractivity contribution in [1.29, 1.82) is 0 Å². The third-order valence-corrected chi connectivity index (χ3v) is 4.37. The number of sulfone groups is 1. The first-order chi connectivity index (χ1) is 9.31. The van der Waals surface area contributed by atoms with Gasteiger partial charge in [0.05, 0.1) is 12.3 Å². The zero-order valence-electron chi connectivity index (χ0n) is 13.6. The first-order valence-corrected chi connectivity index (χ1v) is 9.59. The number of halogens is 1. The summed E-state index contributed by atoms with van der Waals surface area (Å²) in [4.78, 5) is 6.71. The van der Waals surface area contributed by atoms with Crippen LogP contribution in [0.15, 0.2) is 4.99 Å². The summed E-state index contributed by atoms with van der Waals surface area (Å²) >= 11 is 0. The molecular weight excluding hydrogens is 401 g/mol. The number of likely N-dealkylation sites (tertiary alicyclic amines) is 1. The van der Waals surface area contributed by atoms with Gasteiger partial charge in [0.25, 0.3) is 0 Å². The van der Waals surface area contributed by atoms with E-state index in [1.807, 2.05) is 6.92 Å². The van der Waals surface area contributed by atoms with E-state index in [4.69, 9.17) is 0 Å². The van der Waals surface area contributed by atoms with Crippen LogP contribution in [0.4, 0.5) is 0 Å². The van der Waals surface area contributed by atoms with Crippen molar-refractivity contribution in [2.75, 3.05) is 38.2 Å². The van der Waals surface area contributed by atoms with Gasteiger partial charge in [-0.15, -0.1) is 24.0 Å². The molecule has 1 aliphatic rings. The maximum absolute atomic E-state index is 11.2. The van der Waals surface area contributed by atoms with Crippen molar-refractivity contribution in [2.45, 2.75) is 33.6 Å². The van der Waals surface area contributed by atoms with E-state index in [0.29, 0.717) is 6.54 Å². The molecule has 1 aliphatic heterocycles. The average molecular weight is 431 g/mol. The van der Waals surface area contributed by atoms with E-state index in [9.17, 15) is 8.42 Å². The number of guanidine groups is 1. The van der Waals surface area contributed by atoms with Crippen LogP contribution in [0.5, 0.6) is 0 Å². The SMILES string of the molecule is CCNC(=NCCS(C)(=O)=O)N1CCC(CC(C)C)C1.I. The largest absolute Gasteiger partial charge is 0.357 e. The van der Waals surface area contributed by atoms with Gasteiger partial charge in [0, 0.05) is 25.9 Å². The zero-order valence-corrected chi connectivity index (χ0v) is 16.8. The minimum Gasteiger partial charge on any atom is -0.357 e. The Labute approximate surface area is 146 Å². The number of nitrogens with zero attached hydrogens (tertiary/aromatic N) is 2. The second-order valence-corrected chi connectivity index (χ2v) is 8.36. The molecule has 0 saturated carbocycles. The molecule has 1 rings (SSSR count). The Bertz CT molecular complexity index is 424. The van der Waals surface area contributed by atoms with E-state index in [0.717, 1.165) is 37.4 Å². The van der Waals surface area contributed by atoms with Gasteiger partial charge in [0.1, 0.15) is 9.84 Å². The summed E-state index contributed by atoms with van der Waals surface area (Å²) in [7, 11) is -2.94. The van der Waals surface area contributed by atoms with Crippen LogP contribution in [0.2, 0.25) is 0 Å². The molecule has 1 fully saturated rings. The van der Waals surface area contributed by atoms with E-state index in [1.165, 1.54) is 19.1 Å². The van der Waals surface area contributed by atoms with E-state index >= 15 is 0 Å². The smallest absolute Gasteiger partial charge is 0.193 e. The predicted molar refractivity (Wildman–Crippen MR) is 100 cm³/mol. The maximum Gasteiger partial charge on any atom is 0.193 e. The van der Waals surface area contributed by atoms with Crippen LogP contribution < -0.4 is 5.32 Å². The van der Waals surface area contributed by atoms with E-state index in [1.54, 1.807) is 0 Å². The Kier molecular flexibility index (Phi) is 9.84. The molecule has 0 radical (unpaired) electrons. The standard InChI is InChI=1S/C14H29N3O2S.HI/c1-5-15-14(16-7-9-20(4,18)19)17-8-6-13(11-17)10-12(2)3;/h12-13H,5-11H2,1-4H3,(H,15,16);1H. The second kappa shape index (κ2) is 9.86. The Morgan fingerprint density at radius 3 is 2.62 bits per heavy atom. The van der Waals surface area contributed by atoms with Crippen LogP contribution >= 0.6 is 24.0 Å². The fraction of sp³-hybridized carbons (Fsp3) is 0.929. The van der Waals surface area contributed by atoms with Gasteiger partial charge in [0.15, 0.2) is 5.96 Å². The lowest BCUT2D eigenvalue weighted by molar-refractivity contribution is 0.404. The van der Waals surface area contributed by atoms with Crippen LogP contribution in [0.1, 0.15) is 33.6 Å². The summed E-state index contributed by atoms with van der Waals surface area (Å²) in [5.41, 5.74) is 0. The Morgan fingerprint density at radius 2 is 2.10 bits per heavy atom. The van der Waals surface area contributed by atoms with Gasteiger partial charge < -0.3 is 10.2 Å². The molecule has 0 aromatic carbocycles. The van der Waals surface area contributed by atoms with Crippen molar-refractivity contribution in [3.05, 3.63) is 0 Å². The monoisotopic (exact) mass is 431 g/mol. The van der Waals surface area contributed by atoms with Crippen molar-refractivity contribution in [3.63, 3.8) is 0 Å². The summed E-state index contributed by atoms with van der Waals surface area (Å²) in [6.45, 7) is 9.75. The summed E-state index contributed by atoms with van der Waals surface area (Å²) in [6, 6.07) is 0. The van der Waals surface area contributed by atoms with E-state index in [2.05, 4.69) is 29.1 Å². The third-order valence-electron chi connectivity index (χ3n) is 3.45. The van der Waals surface area contributed by atoms with Crippen LogP contribution in [-0.4, -0.2) is 57.5 Å². The van der Waals surface area contributed by atoms with E-state index in [-0.39, 0.29) is 29.7 Å². The maximum atomic E-state index is 11.2. The van der Waals surface area contributed by atoms with Crippen molar-refractivity contribution in [2.24, 2.45) is 16.8 Å². The summed E-state index contributed by atoms with van der Waals surface area (Å²) in [5, 5.41) is 3.27. The number of hydrogen-bond donors (Lipinski definition) is 1. The highest BCUT2D eigenvalue weighted by molar-refractivity contribution is 14.0. The molecule has 0 spiro atoms. The molecule has 126 valence electrons. The molecular formula is C14H30IN3O2S. The molecule has 0 aromatic heterocycles. The molecule has 7 heteroatoms. The molecule has 0 amide bonds. The van der Waals surface area contributed by atoms with Crippen LogP contribution in [0.25, 0.3) is 0 Å². The quantitative estimate of drug-likeness (QED) is 0.397.